The van der Waals surface area contributed by atoms with Crippen LogP contribution in [0.2, 0.25) is 5.02 Å². The minimum Gasteiger partial charge on any atom is -0.480 e. The van der Waals surface area contributed by atoms with Gasteiger partial charge in [0, 0.05) is 6.20 Å². The number of nitrogens with one attached hydrogen (secondary N) is 1. The molecule has 1 rings (SSSR count). The van der Waals surface area contributed by atoms with Crippen molar-refractivity contribution in [1.82, 2.24) is 15.1 Å². The van der Waals surface area contributed by atoms with E-state index in [9.17, 15) is 4.79 Å². The van der Waals surface area contributed by atoms with Gasteiger partial charge in [-0.1, -0.05) is 18.5 Å². The molecule has 0 aliphatic carbocycles. The monoisotopic (exact) mass is 231 g/mol. The van der Waals surface area contributed by atoms with E-state index in [1.54, 1.807) is 17.8 Å². The predicted molar refractivity (Wildman–Crippen MR) is 57.1 cm³/mol. The Balaban J connectivity index is 2.69. The number of aromatic nitrogens is 2. The Morgan fingerprint density at radius 2 is 2.47 bits per heavy atom. The number of aliphatic carboxylic acids is 1. The lowest BCUT2D eigenvalue weighted by Crippen LogP contribution is -2.40. The normalized spacial score (nSPS) is 12.7. The minimum absolute atomic E-state index is 0.275. The van der Waals surface area contributed by atoms with Gasteiger partial charge in [-0.05, 0) is 13.5 Å². The quantitative estimate of drug-likeness (QED) is 0.791. The maximum absolute atomic E-state index is 10.8. The Bertz CT molecular complexity index is 332. The van der Waals surface area contributed by atoms with Gasteiger partial charge >= 0.3 is 5.97 Å². The van der Waals surface area contributed by atoms with Crippen LogP contribution in [0.15, 0.2) is 6.20 Å². The Hall–Kier alpha value is -1.07. The standard InChI is InChI=1S/C9H14ClN3O2/c1-3-11-8(9(14)15)5-13-4-7(10)6(2)12-13/h4,8,11H,3,5H2,1-2H3,(H,14,15). The molecule has 0 saturated carbocycles. The summed E-state index contributed by atoms with van der Waals surface area (Å²) in [7, 11) is 0. The van der Waals surface area contributed by atoms with Crippen molar-refractivity contribution in [1.29, 1.82) is 0 Å². The van der Waals surface area contributed by atoms with Gasteiger partial charge in [-0.15, -0.1) is 0 Å². The summed E-state index contributed by atoms with van der Waals surface area (Å²) >= 11 is 5.82. The van der Waals surface area contributed by atoms with Crippen molar-refractivity contribution in [3.05, 3.63) is 16.9 Å². The molecule has 1 heterocycles. The molecule has 1 aromatic heterocycles. The van der Waals surface area contributed by atoms with Crippen molar-refractivity contribution in [3.63, 3.8) is 0 Å². The lowest BCUT2D eigenvalue weighted by atomic mass is 10.3. The van der Waals surface area contributed by atoms with E-state index in [0.717, 1.165) is 0 Å². The minimum atomic E-state index is -0.888. The number of nitrogens with zero attached hydrogens (tertiary/aromatic N) is 2. The molecule has 0 amide bonds. The predicted octanol–water partition coefficient (Wildman–Crippen LogP) is 0.908. The van der Waals surface area contributed by atoms with Gasteiger partial charge in [0.25, 0.3) is 0 Å². The maximum Gasteiger partial charge on any atom is 0.322 e. The van der Waals surface area contributed by atoms with Gasteiger partial charge in [0.2, 0.25) is 0 Å². The molecule has 0 aliphatic rings. The number of likely N-dealkylation sites (N-methyl/N-ethyl adjacent to an activating group) is 1. The highest BCUT2D eigenvalue weighted by Crippen LogP contribution is 2.12. The van der Waals surface area contributed by atoms with Crippen LogP contribution in [0, 0.1) is 6.92 Å². The smallest absolute Gasteiger partial charge is 0.322 e. The molecule has 0 aliphatic heterocycles. The molecule has 0 saturated heterocycles. The van der Waals surface area contributed by atoms with Crippen LogP contribution in [0.4, 0.5) is 0 Å². The molecule has 1 aromatic rings. The highest BCUT2D eigenvalue weighted by molar-refractivity contribution is 6.31. The van der Waals surface area contributed by atoms with Crippen LogP contribution in [0.25, 0.3) is 0 Å². The van der Waals surface area contributed by atoms with Crippen molar-refractivity contribution >= 4 is 17.6 Å². The van der Waals surface area contributed by atoms with Gasteiger partial charge in [0.15, 0.2) is 0 Å². The number of hydrogen-bond donors (Lipinski definition) is 2. The number of carboxylic acid groups (broad SMARTS) is 1. The number of hydrogen-bond acceptors (Lipinski definition) is 3. The number of aryl methyl sites for hydroxylation is 1. The zero-order valence-corrected chi connectivity index (χ0v) is 9.45. The van der Waals surface area contributed by atoms with Crippen LogP contribution >= 0.6 is 11.6 Å². The van der Waals surface area contributed by atoms with E-state index < -0.39 is 12.0 Å². The first-order chi connectivity index (χ1) is 7.04. The third-order valence-corrected chi connectivity index (χ3v) is 2.38. The van der Waals surface area contributed by atoms with Crippen LogP contribution in [-0.4, -0.2) is 33.4 Å². The summed E-state index contributed by atoms with van der Waals surface area (Å²) in [5.74, 6) is -0.888. The largest absolute Gasteiger partial charge is 0.480 e. The Morgan fingerprint density at radius 1 is 1.80 bits per heavy atom. The molecule has 84 valence electrons. The highest BCUT2D eigenvalue weighted by Gasteiger charge is 2.17. The van der Waals surface area contributed by atoms with E-state index in [4.69, 9.17) is 16.7 Å². The first-order valence-electron chi connectivity index (χ1n) is 4.70. The number of carboxylic acids is 1. The van der Waals surface area contributed by atoms with Gasteiger partial charge in [-0.25, -0.2) is 0 Å². The molecule has 0 radical (unpaired) electrons. The average molecular weight is 232 g/mol. The summed E-state index contributed by atoms with van der Waals surface area (Å²) in [4.78, 5) is 10.8. The molecular formula is C9H14ClN3O2. The summed E-state index contributed by atoms with van der Waals surface area (Å²) < 4.78 is 1.54. The van der Waals surface area contributed by atoms with Gasteiger partial charge < -0.3 is 10.4 Å². The first kappa shape index (κ1) is 12.0. The molecule has 0 spiro atoms. The lowest BCUT2D eigenvalue weighted by molar-refractivity contribution is -0.139. The molecule has 2 N–H and O–H groups in total. The fourth-order valence-corrected chi connectivity index (χ4v) is 1.40. The number of rotatable bonds is 5. The van der Waals surface area contributed by atoms with Crippen molar-refractivity contribution in [3.8, 4) is 0 Å². The Kier molecular flexibility index (Phi) is 4.11. The van der Waals surface area contributed by atoms with Crippen LogP contribution in [0.3, 0.4) is 0 Å². The molecule has 0 bridgehead atoms. The SMILES string of the molecule is CCNC(Cn1cc(Cl)c(C)n1)C(=O)O. The summed E-state index contributed by atoms with van der Waals surface area (Å²) in [6, 6.07) is -0.634. The average Bonchev–Trinajstić information content (AvgIpc) is 2.45. The van der Waals surface area contributed by atoms with Crippen molar-refractivity contribution in [2.45, 2.75) is 26.4 Å². The second-order valence-corrected chi connectivity index (χ2v) is 3.64. The summed E-state index contributed by atoms with van der Waals surface area (Å²) in [5.41, 5.74) is 0.706. The zero-order valence-electron chi connectivity index (χ0n) is 8.70. The first-order valence-corrected chi connectivity index (χ1v) is 5.08. The highest BCUT2D eigenvalue weighted by atomic mass is 35.5. The van der Waals surface area contributed by atoms with Crippen LogP contribution in [-0.2, 0) is 11.3 Å². The summed E-state index contributed by atoms with van der Waals surface area (Å²) in [6.07, 6.45) is 1.63. The third-order valence-electron chi connectivity index (χ3n) is 2.00. The molecule has 1 unspecified atom stereocenters. The van der Waals surface area contributed by atoms with E-state index in [0.29, 0.717) is 17.3 Å². The second-order valence-electron chi connectivity index (χ2n) is 3.23. The zero-order chi connectivity index (χ0) is 11.4. The molecule has 1 atom stereocenters. The third kappa shape index (κ3) is 3.21. The Morgan fingerprint density at radius 3 is 2.87 bits per heavy atom. The number of halogens is 1. The van der Waals surface area contributed by atoms with Gasteiger partial charge in [0.1, 0.15) is 6.04 Å². The molecule has 5 nitrogen and oxygen atoms in total. The molecule has 0 fully saturated rings. The van der Waals surface area contributed by atoms with Crippen molar-refractivity contribution in [2.75, 3.05) is 6.54 Å². The van der Waals surface area contributed by atoms with Crippen molar-refractivity contribution in [2.24, 2.45) is 0 Å². The van der Waals surface area contributed by atoms with E-state index >= 15 is 0 Å². The van der Waals surface area contributed by atoms with E-state index in [2.05, 4.69) is 10.4 Å². The van der Waals surface area contributed by atoms with Crippen LogP contribution < -0.4 is 5.32 Å². The van der Waals surface area contributed by atoms with Gasteiger partial charge in [-0.3, -0.25) is 9.48 Å². The summed E-state index contributed by atoms with van der Waals surface area (Å²) in [5, 5.41) is 16.4. The molecule has 0 aromatic carbocycles. The van der Waals surface area contributed by atoms with Crippen molar-refractivity contribution < 1.29 is 9.90 Å². The molecule has 6 heteroatoms. The van der Waals surface area contributed by atoms with E-state index in [1.165, 1.54) is 0 Å². The van der Waals surface area contributed by atoms with Gasteiger partial charge in [-0.2, -0.15) is 5.10 Å². The second kappa shape index (κ2) is 5.14. The van der Waals surface area contributed by atoms with E-state index in [1.807, 2.05) is 6.92 Å². The van der Waals surface area contributed by atoms with E-state index in [-0.39, 0.29) is 6.54 Å². The Labute approximate surface area is 93.0 Å². The van der Waals surface area contributed by atoms with Crippen LogP contribution in [0.5, 0.6) is 0 Å². The molecule has 15 heavy (non-hydrogen) atoms. The lowest BCUT2D eigenvalue weighted by Gasteiger charge is -2.12. The summed E-state index contributed by atoms with van der Waals surface area (Å²) in [6.45, 7) is 4.51. The fourth-order valence-electron chi connectivity index (χ4n) is 1.25. The van der Waals surface area contributed by atoms with Gasteiger partial charge in [0.05, 0.1) is 17.3 Å². The van der Waals surface area contributed by atoms with Crippen LogP contribution in [0.1, 0.15) is 12.6 Å². The maximum atomic E-state index is 10.8. The molecular weight excluding hydrogens is 218 g/mol. The fraction of sp³-hybridized carbons (Fsp3) is 0.556. The number of carbonyl (C=O) groups is 1. The topological polar surface area (TPSA) is 67.2 Å².